The van der Waals surface area contributed by atoms with E-state index in [0.717, 1.165) is 83.7 Å². The number of carbonyl (C=O) groups is 2. The molecule has 6 nitrogen and oxygen atoms in total. The molecule has 4 fully saturated rings. The van der Waals surface area contributed by atoms with E-state index in [1.165, 1.54) is 12.5 Å². The fraction of sp³-hybridized carbons (Fsp3) is 0.704. The number of rotatable bonds is 4. The van der Waals surface area contributed by atoms with E-state index in [0.29, 0.717) is 17.9 Å². The standard InChI is InChI=1S/C27H38FN3O3/c28-23-17-20(29-25(33)19-5-2-1-3-6-19)7-12-24(23)30-15-4-13-27(18-30)14-16-31(26(27)34)21-8-10-22(32)11-9-21/h7,12,17,19,21-22,32H,1-6,8-11,13-16,18H2,(H,29,33)/t21-,22-,27-/m1/s1. The van der Waals surface area contributed by atoms with Gasteiger partial charge in [0.05, 0.1) is 17.2 Å². The van der Waals surface area contributed by atoms with Gasteiger partial charge in [-0.25, -0.2) is 4.39 Å². The molecule has 0 bridgehead atoms. The molecule has 0 unspecified atom stereocenters. The van der Waals surface area contributed by atoms with Gasteiger partial charge in [0.25, 0.3) is 0 Å². The van der Waals surface area contributed by atoms with Gasteiger partial charge in [-0.15, -0.1) is 0 Å². The molecule has 186 valence electrons. The van der Waals surface area contributed by atoms with Crippen LogP contribution < -0.4 is 10.2 Å². The minimum absolute atomic E-state index is 0.00403. The van der Waals surface area contributed by atoms with Crippen molar-refractivity contribution in [3.8, 4) is 0 Å². The Balaban J connectivity index is 1.24. The second kappa shape index (κ2) is 9.84. The minimum atomic E-state index is -0.436. The first-order chi connectivity index (χ1) is 16.4. The number of amides is 2. The Morgan fingerprint density at radius 2 is 1.76 bits per heavy atom. The van der Waals surface area contributed by atoms with Crippen LogP contribution >= 0.6 is 0 Å². The van der Waals surface area contributed by atoms with Crippen molar-refractivity contribution in [3.63, 3.8) is 0 Å². The summed E-state index contributed by atoms with van der Waals surface area (Å²) in [5.74, 6) is -0.102. The fourth-order valence-electron chi connectivity index (χ4n) is 6.73. The molecule has 2 amide bonds. The lowest BCUT2D eigenvalue weighted by molar-refractivity contribution is -0.139. The molecule has 2 aliphatic carbocycles. The first-order valence-electron chi connectivity index (χ1n) is 13.3. The Morgan fingerprint density at radius 3 is 2.50 bits per heavy atom. The minimum Gasteiger partial charge on any atom is -0.393 e. The Kier molecular flexibility index (Phi) is 6.83. The van der Waals surface area contributed by atoms with Crippen LogP contribution in [0.15, 0.2) is 18.2 Å². The van der Waals surface area contributed by atoms with Crippen molar-refractivity contribution < 1.29 is 19.1 Å². The van der Waals surface area contributed by atoms with Crippen molar-refractivity contribution in [3.05, 3.63) is 24.0 Å². The molecule has 2 saturated heterocycles. The number of aliphatic hydroxyl groups excluding tert-OH is 1. The van der Waals surface area contributed by atoms with Crippen molar-refractivity contribution >= 4 is 23.2 Å². The van der Waals surface area contributed by atoms with Crippen molar-refractivity contribution in [2.45, 2.75) is 89.2 Å². The number of nitrogens with one attached hydrogen (secondary N) is 1. The Hall–Kier alpha value is -2.15. The topological polar surface area (TPSA) is 72.9 Å². The van der Waals surface area contributed by atoms with E-state index < -0.39 is 5.41 Å². The van der Waals surface area contributed by atoms with Gasteiger partial charge in [0.2, 0.25) is 11.8 Å². The summed E-state index contributed by atoms with van der Waals surface area (Å²) in [4.78, 5) is 30.2. The maximum Gasteiger partial charge on any atom is 0.230 e. The highest BCUT2D eigenvalue weighted by atomic mass is 19.1. The highest BCUT2D eigenvalue weighted by molar-refractivity contribution is 5.92. The summed E-state index contributed by atoms with van der Waals surface area (Å²) in [5.41, 5.74) is 0.585. The molecule has 34 heavy (non-hydrogen) atoms. The Bertz CT molecular complexity index is 910. The molecule has 1 aromatic carbocycles. The van der Waals surface area contributed by atoms with Gasteiger partial charge in [0, 0.05) is 37.3 Å². The molecule has 4 aliphatic rings. The predicted octanol–water partition coefficient (Wildman–Crippen LogP) is 4.47. The van der Waals surface area contributed by atoms with Crippen molar-refractivity contribution in [2.75, 3.05) is 29.9 Å². The number of piperidine rings is 1. The van der Waals surface area contributed by atoms with Crippen molar-refractivity contribution in [2.24, 2.45) is 11.3 Å². The molecule has 7 heteroatoms. The smallest absolute Gasteiger partial charge is 0.230 e. The zero-order valence-corrected chi connectivity index (χ0v) is 20.1. The maximum atomic E-state index is 15.2. The van der Waals surface area contributed by atoms with E-state index in [-0.39, 0.29) is 35.7 Å². The number of nitrogens with zero attached hydrogens (tertiary/aromatic N) is 2. The number of aliphatic hydroxyl groups is 1. The molecule has 2 heterocycles. The van der Waals surface area contributed by atoms with Crippen LogP contribution in [0.3, 0.4) is 0 Å². The molecule has 2 saturated carbocycles. The van der Waals surface area contributed by atoms with Crippen LogP contribution in [0.1, 0.15) is 77.0 Å². The number of anilines is 2. The number of hydrogen-bond donors (Lipinski definition) is 2. The van der Waals surface area contributed by atoms with E-state index >= 15 is 4.39 Å². The molecule has 2 N–H and O–H groups in total. The lowest BCUT2D eigenvalue weighted by Crippen LogP contribution is -2.50. The maximum absolute atomic E-state index is 15.2. The van der Waals surface area contributed by atoms with E-state index in [1.807, 2.05) is 4.90 Å². The number of benzene rings is 1. The third-order valence-electron chi connectivity index (χ3n) is 8.76. The van der Waals surface area contributed by atoms with Gasteiger partial charge in [0.1, 0.15) is 5.82 Å². The van der Waals surface area contributed by atoms with Crippen LogP contribution in [0.5, 0.6) is 0 Å². The van der Waals surface area contributed by atoms with Gasteiger partial charge >= 0.3 is 0 Å². The number of halogens is 1. The fourth-order valence-corrected chi connectivity index (χ4v) is 6.73. The molecule has 2 aliphatic heterocycles. The summed E-state index contributed by atoms with van der Waals surface area (Å²) in [6, 6.07) is 5.20. The van der Waals surface area contributed by atoms with Gasteiger partial charge in [-0.3, -0.25) is 9.59 Å². The zero-order chi connectivity index (χ0) is 23.7. The van der Waals surface area contributed by atoms with Crippen molar-refractivity contribution in [1.82, 2.24) is 4.90 Å². The lowest BCUT2D eigenvalue weighted by Gasteiger charge is -2.41. The second-order valence-corrected chi connectivity index (χ2v) is 11.0. The molecular weight excluding hydrogens is 433 g/mol. The highest BCUT2D eigenvalue weighted by Crippen LogP contribution is 2.44. The molecule has 1 aromatic rings. The van der Waals surface area contributed by atoms with Crippen LogP contribution in [0.2, 0.25) is 0 Å². The number of hydrogen-bond acceptors (Lipinski definition) is 4. The summed E-state index contributed by atoms with van der Waals surface area (Å²) in [6.45, 7) is 2.04. The highest BCUT2D eigenvalue weighted by Gasteiger charge is 2.50. The van der Waals surface area contributed by atoms with Crippen LogP contribution in [-0.2, 0) is 9.59 Å². The zero-order valence-electron chi connectivity index (χ0n) is 20.1. The normalized spacial score (nSPS) is 30.7. The molecule has 1 spiro atoms. The lowest BCUT2D eigenvalue weighted by atomic mass is 9.78. The molecule has 0 aromatic heterocycles. The SMILES string of the molecule is O=C(Nc1ccc(N2CCC[C@@]3(CCN([C@H]4CC[C@H](O)CC4)C3=O)C2)c(F)c1)C1CCCCC1. The third kappa shape index (κ3) is 4.68. The first-order valence-corrected chi connectivity index (χ1v) is 13.3. The monoisotopic (exact) mass is 471 g/mol. The quantitative estimate of drug-likeness (QED) is 0.680. The van der Waals surface area contributed by atoms with Gasteiger partial charge in [0.15, 0.2) is 0 Å². The van der Waals surface area contributed by atoms with Crippen molar-refractivity contribution in [1.29, 1.82) is 0 Å². The van der Waals surface area contributed by atoms with E-state index in [9.17, 15) is 14.7 Å². The van der Waals surface area contributed by atoms with E-state index in [1.54, 1.807) is 12.1 Å². The molecule has 0 radical (unpaired) electrons. The Labute approximate surface area is 201 Å². The number of likely N-dealkylation sites (tertiary alicyclic amines) is 1. The van der Waals surface area contributed by atoms with Crippen LogP contribution in [0, 0.1) is 17.2 Å². The Morgan fingerprint density at radius 1 is 1.00 bits per heavy atom. The largest absolute Gasteiger partial charge is 0.393 e. The van der Waals surface area contributed by atoms with Gasteiger partial charge in [-0.2, -0.15) is 0 Å². The average molecular weight is 472 g/mol. The third-order valence-corrected chi connectivity index (χ3v) is 8.76. The van der Waals surface area contributed by atoms with Gasteiger partial charge < -0.3 is 20.2 Å². The van der Waals surface area contributed by atoms with E-state index in [2.05, 4.69) is 10.2 Å². The predicted molar refractivity (Wildman–Crippen MR) is 130 cm³/mol. The summed E-state index contributed by atoms with van der Waals surface area (Å²) >= 11 is 0. The van der Waals surface area contributed by atoms with Gasteiger partial charge in [-0.05, 0) is 76.0 Å². The first kappa shape index (κ1) is 23.6. The summed E-state index contributed by atoms with van der Waals surface area (Å²) in [7, 11) is 0. The molecule has 1 atom stereocenters. The molecule has 5 rings (SSSR count). The summed E-state index contributed by atoms with van der Waals surface area (Å²) < 4.78 is 15.2. The molecular formula is C27H38FN3O3. The average Bonchev–Trinajstić information content (AvgIpc) is 3.15. The van der Waals surface area contributed by atoms with Crippen LogP contribution in [-0.4, -0.2) is 53.6 Å². The summed E-state index contributed by atoms with van der Waals surface area (Å²) in [6.07, 6.45) is 10.8. The van der Waals surface area contributed by atoms with Crippen LogP contribution in [0.25, 0.3) is 0 Å². The number of carbonyl (C=O) groups excluding carboxylic acids is 2. The van der Waals surface area contributed by atoms with E-state index in [4.69, 9.17) is 0 Å². The second-order valence-electron chi connectivity index (χ2n) is 11.0. The van der Waals surface area contributed by atoms with Gasteiger partial charge in [-0.1, -0.05) is 19.3 Å². The summed E-state index contributed by atoms with van der Waals surface area (Å²) in [5, 5.41) is 12.7. The van der Waals surface area contributed by atoms with Crippen LogP contribution in [0.4, 0.5) is 15.8 Å².